The van der Waals surface area contributed by atoms with E-state index in [1.54, 1.807) is 0 Å². The molecule has 1 aromatic carbocycles. The number of carboxylic acids is 1. The predicted octanol–water partition coefficient (Wildman–Crippen LogP) is 5.81. The van der Waals surface area contributed by atoms with Gasteiger partial charge >= 0.3 is 5.97 Å². The molecule has 0 spiro atoms. The lowest BCUT2D eigenvalue weighted by molar-refractivity contribution is -0.144. The standard InChI is InChI=1S/C27H39NO3/c1-15(2)28(16(3)4)25(29)24-12-11-23-22-10-7-18-17(5)19(26(30)31)8-9-20(18)21(22)13-14-27(23,24)6/h8-9,15-16,21-24H,7,10-14H2,1-6H3,(H,30,31)/t21-,22-,23+,24-,27+/m1/s1. The Bertz CT molecular complexity index is 881. The van der Waals surface area contributed by atoms with Crippen molar-refractivity contribution >= 4 is 11.9 Å². The molecule has 2 saturated carbocycles. The number of carboxylic acid groups (broad SMARTS) is 1. The number of fused-ring (bicyclic) bond motifs is 5. The highest BCUT2D eigenvalue weighted by Crippen LogP contribution is 2.63. The molecule has 1 amide bonds. The van der Waals surface area contributed by atoms with Crippen LogP contribution in [-0.2, 0) is 11.2 Å². The topological polar surface area (TPSA) is 57.6 Å². The summed E-state index contributed by atoms with van der Waals surface area (Å²) >= 11 is 0. The Morgan fingerprint density at radius 2 is 1.74 bits per heavy atom. The highest BCUT2D eigenvalue weighted by molar-refractivity contribution is 5.90. The van der Waals surface area contributed by atoms with Gasteiger partial charge in [-0.15, -0.1) is 0 Å². The number of amides is 1. The van der Waals surface area contributed by atoms with Crippen LogP contribution >= 0.6 is 0 Å². The number of nitrogens with zero attached hydrogens (tertiary/aromatic N) is 1. The normalized spacial score (nSPS) is 31.9. The van der Waals surface area contributed by atoms with Gasteiger partial charge in [0, 0.05) is 18.0 Å². The van der Waals surface area contributed by atoms with Gasteiger partial charge in [-0.3, -0.25) is 4.79 Å². The second-order valence-electron chi connectivity index (χ2n) is 11.1. The molecule has 1 N–H and O–H groups in total. The van der Waals surface area contributed by atoms with E-state index >= 15 is 0 Å². The third-order valence-corrected chi connectivity index (χ3v) is 9.09. The minimum Gasteiger partial charge on any atom is -0.478 e. The fraction of sp³-hybridized carbons (Fsp3) is 0.704. The molecule has 4 heteroatoms. The van der Waals surface area contributed by atoms with Crippen LogP contribution in [0, 0.1) is 30.1 Å². The summed E-state index contributed by atoms with van der Waals surface area (Å²) in [7, 11) is 0. The van der Waals surface area contributed by atoms with E-state index in [0.717, 1.165) is 44.1 Å². The Balaban J connectivity index is 1.62. The molecule has 0 radical (unpaired) electrons. The number of benzene rings is 1. The molecule has 0 aliphatic heterocycles. The molecule has 0 unspecified atom stereocenters. The maximum atomic E-state index is 13.7. The van der Waals surface area contributed by atoms with Crippen LogP contribution in [0.25, 0.3) is 0 Å². The molecule has 170 valence electrons. The number of carbonyl (C=O) groups is 2. The molecule has 3 aliphatic carbocycles. The lowest BCUT2D eigenvalue weighted by Crippen LogP contribution is -2.50. The first kappa shape index (κ1) is 22.4. The minimum absolute atomic E-state index is 0.0911. The van der Waals surface area contributed by atoms with Gasteiger partial charge in [-0.2, -0.15) is 0 Å². The Morgan fingerprint density at radius 1 is 1.06 bits per heavy atom. The molecule has 31 heavy (non-hydrogen) atoms. The summed E-state index contributed by atoms with van der Waals surface area (Å²) in [5.41, 5.74) is 4.17. The second-order valence-corrected chi connectivity index (χ2v) is 11.1. The van der Waals surface area contributed by atoms with Gasteiger partial charge in [0.25, 0.3) is 0 Å². The van der Waals surface area contributed by atoms with Gasteiger partial charge in [0.2, 0.25) is 5.91 Å². The number of aromatic carboxylic acids is 1. The molecule has 0 heterocycles. The van der Waals surface area contributed by atoms with Crippen LogP contribution in [0.2, 0.25) is 0 Å². The van der Waals surface area contributed by atoms with Gasteiger partial charge < -0.3 is 10.0 Å². The summed E-state index contributed by atoms with van der Waals surface area (Å²) in [5.74, 6) is 1.41. The van der Waals surface area contributed by atoms with E-state index in [1.807, 2.05) is 13.0 Å². The largest absolute Gasteiger partial charge is 0.478 e. The predicted molar refractivity (Wildman–Crippen MR) is 123 cm³/mol. The third kappa shape index (κ3) is 3.41. The van der Waals surface area contributed by atoms with Gasteiger partial charge in [0.1, 0.15) is 0 Å². The Labute approximate surface area is 187 Å². The zero-order chi connectivity index (χ0) is 22.7. The van der Waals surface area contributed by atoms with E-state index in [0.29, 0.717) is 29.2 Å². The monoisotopic (exact) mass is 425 g/mol. The van der Waals surface area contributed by atoms with Crippen molar-refractivity contribution in [1.82, 2.24) is 4.90 Å². The molecule has 2 fully saturated rings. The smallest absolute Gasteiger partial charge is 0.335 e. The molecule has 1 aromatic rings. The Morgan fingerprint density at radius 3 is 2.35 bits per heavy atom. The highest BCUT2D eigenvalue weighted by atomic mass is 16.4. The van der Waals surface area contributed by atoms with Crippen molar-refractivity contribution < 1.29 is 14.7 Å². The molecule has 4 nitrogen and oxygen atoms in total. The summed E-state index contributed by atoms with van der Waals surface area (Å²) in [6.07, 6.45) is 6.48. The van der Waals surface area contributed by atoms with Crippen molar-refractivity contribution in [2.75, 3.05) is 0 Å². The van der Waals surface area contributed by atoms with Crippen LogP contribution < -0.4 is 0 Å². The third-order valence-electron chi connectivity index (χ3n) is 9.09. The maximum Gasteiger partial charge on any atom is 0.335 e. The van der Waals surface area contributed by atoms with Crippen molar-refractivity contribution in [2.45, 2.75) is 98.1 Å². The first-order valence-corrected chi connectivity index (χ1v) is 12.3. The van der Waals surface area contributed by atoms with Crippen LogP contribution in [0.4, 0.5) is 0 Å². The van der Waals surface area contributed by atoms with Crippen LogP contribution in [0.1, 0.15) is 99.7 Å². The van der Waals surface area contributed by atoms with Crippen LogP contribution in [0.3, 0.4) is 0 Å². The first-order valence-electron chi connectivity index (χ1n) is 12.3. The zero-order valence-corrected chi connectivity index (χ0v) is 20.1. The van der Waals surface area contributed by atoms with Crippen LogP contribution in [-0.4, -0.2) is 34.0 Å². The Kier molecular flexibility index (Phi) is 5.72. The van der Waals surface area contributed by atoms with Crippen molar-refractivity contribution in [2.24, 2.45) is 23.2 Å². The molecule has 3 aliphatic rings. The number of carbonyl (C=O) groups excluding carboxylic acids is 1. The van der Waals surface area contributed by atoms with E-state index in [4.69, 9.17) is 0 Å². The molecule has 0 bridgehead atoms. The quantitative estimate of drug-likeness (QED) is 0.662. The van der Waals surface area contributed by atoms with Crippen molar-refractivity contribution in [3.8, 4) is 0 Å². The molecule has 4 rings (SSSR count). The summed E-state index contributed by atoms with van der Waals surface area (Å²) < 4.78 is 0. The van der Waals surface area contributed by atoms with Crippen LogP contribution in [0.5, 0.6) is 0 Å². The summed E-state index contributed by atoms with van der Waals surface area (Å²) in [6, 6.07) is 4.39. The van der Waals surface area contributed by atoms with Crippen molar-refractivity contribution in [3.05, 3.63) is 34.4 Å². The lowest BCUT2D eigenvalue weighted by atomic mass is 9.54. The highest BCUT2D eigenvalue weighted by Gasteiger charge is 2.57. The van der Waals surface area contributed by atoms with Gasteiger partial charge in [0.15, 0.2) is 0 Å². The minimum atomic E-state index is -0.823. The number of hydrogen-bond acceptors (Lipinski definition) is 2. The molecular weight excluding hydrogens is 386 g/mol. The van der Waals surface area contributed by atoms with E-state index < -0.39 is 5.97 Å². The second kappa shape index (κ2) is 7.94. The van der Waals surface area contributed by atoms with Crippen molar-refractivity contribution in [1.29, 1.82) is 0 Å². The first-order chi connectivity index (χ1) is 14.6. The van der Waals surface area contributed by atoms with E-state index in [-0.39, 0.29) is 23.4 Å². The molecule has 0 saturated heterocycles. The van der Waals surface area contributed by atoms with Crippen molar-refractivity contribution in [3.63, 3.8) is 0 Å². The van der Waals surface area contributed by atoms with Gasteiger partial charge in [-0.05, 0) is 119 Å². The van der Waals surface area contributed by atoms with Crippen LogP contribution in [0.15, 0.2) is 12.1 Å². The van der Waals surface area contributed by atoms with Gasteiger partial charge in [0.05, 0.1) is 5.56 Å². The molecule has 5 atom stereocenters. The SMILES string of the molecule is Cc1c(C(=O)O)ccc2c1CC[C@@H]1[C@@H]2CC[C@]2(C)[C@@H](C(=O)N(C(C)C)C(C)C)CC[C@@H]12. The molecular formula is C27H39NO3. The average molecular weight is 426 g/mol. The Hall–Kier alpha value is -1.84. The summed E-state index contributed by atoms with van der Waals surface area (Å²) in [4.78, 5) is 27.4. The van der Waals surface area contributed by atoms with E-state index in [2.05, 4.69) is 45.6 Å². The lowest BCUT2D eigenvalue weighted by Gasteiger charge is -2.51. The fourth-order valence-electron chi connectivity index (χ4n) is 7.77. The maximum absolute atomic E-state index is 13.7. The average Bonchev–Trinajstić information content (AvgIpc) is 3.04. The van der Waals surface area contributed by atoms with E-state index in [1.165, 1.54) is 11.1 Å². The van der Waals surface area contributed by atoms with Gasteiger partial charge in [-0.1, -0.05) is 13.0 Å². The fourth-order valence-corrected chi connectivity index (χ4v) is 7.77. The number of rotatable bonds is 4. The van der Waals surface area contributed by atoms with E-state index in [9.17, 15) is 14.7 Å². The summed E-state index contributed by atoms with van der Waals surface area (Å²) in [6.45, 7) is 12.9. The summed E-state index contributed by atoms with van der Waals surface area (Å²) in [5, 5.41) is 9.52. The molecule has 0 aromatic heterocycles. The van der Waals surface area contributed by atoms with Gasteiger partial charge in [-0.25, -0.2) is 4.79 Å². The zero-order valence-electron chi connectivity index (χ0n) is 20.1. The number of hydrogen-bond donors (Lipinski definition) is 1.